The molecule has 4 heteroatoms. The molecule has 0 atom stereocenters. The van der Waals surface area contributed by atoms with Gasteiger partial charge in [-0.2, -0.15) is 0 Å². The van der Waals surface area contributed by atoms with Crippen molar-refractivity contribution in [2.24, 2.45) is 5.92 Å². The number of nitrogens with one attached hydrogen (secondary N) is 1. The molecule has 0 fully saturated rings. The molecule has 2 aromatic rings. The van der Waals surface area contributed by atoms with Gasteiger partial charge < -0.3 is 9.73 Å². The Morgan fingerprint density at radius 3 is 2.40 bits per heavy atom. The predicted molar refractivity (Wildman–Crippen MR) is 79.5 cm³/mol. The molecule has 0 spiro atoms. The highest BCUT2D eigenvalue weighted by Gasteiger charge is 2.10. The molecule has 1 N–H and O–H groups in total. The first-order valence-corrected chi connectivity index (χ1v) is 6.80. The summed E-state index contributed by atoms with van der Waals surface area (Å²) in [6.07, 6.45) is 0.531. The molecule has 20 heavy (non-hydrogen) atoms. The van der Waals surface area contributed by atoms with Crippen LogP contribution in [-0.4, -0.2) is 10.9 Å². The number of rotatable bonds is 4. The third-order valence-corrected chi connectivity index (χ3v) is 2.94. The number of carbonyl (C=O) groups is 1. The molecule has 106 valence electrons. The quantitative estimate of drug-likeness (QED) is 0.917. The van der Waals surface area contributed by atoms with Crippen molar-refractivity contribution in [3.63, 3.8) is 0 Å². The standard InChI is InChI=1S/C16H20N2O2/c1-10(2)9-15(19)18-14-7-5-13(6-8-14)16-11(3)20-12(4)17-16/h5-8,10H,9H2,1-4H3,(H,18,19). The molecule has 0 unspecified atom stereocenters. The van der Waals surface area contributed by atoms with Crippen molar-refractivity contribution in [1.29, 1.82) is 0 Å². The number of aryl methyl sites for hydroxylation is 2. The molecule has 0 aliphatic heterocycles. The van der Waals surface area contributed by atoms with E-state index in [2.05, 4.69) is 10.3 Å². The zero-order chi connectivity index (χ0) is 14.7. The Morgan fingerprint density at radius 1 is 1.25 bits per heavy atom. The second kappa shape index (κ2) is 5.90. The van der Waals surface area contributed by atoms with Gasteiger partial charge in [0.25, 0.3) is 0 Å². The Morgan fingerprint density at radius 2 is 1.90 bits per heavy atom. The molecular weight excluding hydrogens is 252 g/mol. The lowest BCUT2D eigenvalue weighted by molar-refractivity contribution is -0.116. The summed E-state index contributed by atoms with van der Waals surface area (Å²) in [7, 11) is 0. The smallest absolute Gasteiger partial charge is 0.224 e. The summed E-state index contributed by atoms with van der Waals surface area (Å²) in [5.74, 6) is 1.86. The monoisotopic (exact) mass is 272 g/mol. The summed E-state index contributed by atoms with van der Waals surface area (Å²) in [6, 6.07) is 7.65. The van der Waals surface area contributed by atoms with Gasteiger partial charge in [0, 0.05) is 24.6 Å². The normalized spacial score (nSPS) is 10.8. The van der Waals surface area contributed by atoms with Crippen LogP contribution < -0.4 is 5.32 Å². The Bertz CT molecular complexity index is 597. The molecule has 4 nitrogen and oxygen atoms in total. The second-order valence-electron chi connectivity index (χ2n) is 5.36. The van der Waals surface area contributed by atoms with E-state index in [1.54, 1.807) is 0 Å². The van der Waals surface area contributed by atoms with Crippen LogP contribution >= 0.6 is 0 Å². The first-order valence-electron chi connectivity index (χ1n) is 6.80. The Hall–Kier alpha value is -2.10. The van der Waals surface area contributed by atoms with E-state index in [0.717, 1.165) is 22.7 Å². The molecule has 1 heterocycles. The number of benzene rings is 1. The number of hydrogen-bond donors (Lipinski definition) is 1. The molecule has 1 aromatic heterocycles. The van der Waals surface area contributed by atoms with Crippen LogP contribution in [-0.2, 0) is 4.79 Å². The lowest BCUT2D eigenvalue weighted by Crippen LogP contribution is -2.13. The topological polar surface area (TPSA) is 55.1 Å². The highest BCUT2D eigenvalue weighted by Crippen LogP contribution is 2.24. The molecule has 0 aliphatic carbocycles. The van der Waals surface area contributed by atoms with Crippen molar-refractivity contribution in [3.8, 4) is 11.3 Å². The highest BCUT2D eigenvalue weighted by atomic mass is 16.4. The van der Waals surface area contributed by atoms with Gasteiger partial charge in [-0.1, -0.05) is 26.0 Å². The van der Waals surface area contributed by atoms with Gasteiger partial charge in [0.15, 0.2) is 5.89 Å². The average Bonchev–Trinajstić information content (AvgIpc) is 2.68. The van der Waals surface area contributed by atoms with E-state index >= 15 is 0 Å². The maximum absolute atomic E-state index is 11.7. The van der Waals surface area contributed by atoms with Crippen molar-refractivity contribution < 1.29 is 9.21 Å². The molecule has 1 aromatic carbocycles. The lowest BCUT2D eigenvalue weighted by atomic mass is 10.1. The van der Waals surface area contributed by atoms with E-state index in [4.69, 9.17) is 4.42 Å². The summed E-state index contributed by atoms with van der Waals surface area (Å²) in [4.78, 5) is 16.1. The molecule has 0 bridgehead atoms. The minimum atomic E-state index is 0.0428. The number of aromatic nitrogens is 1. The van der Waals surface area contributed by atoms with Crippen molar-refractivity contribution in [2.75, 3.05) is 5.32 Å². The number of nitrogens with zero attached hydrogens (tertiary/aromatic N) is 1. The molecule has 0 saturated heterocycles. The molecular formula is C16H20N2O2. The molecule has 1 amide bonds. The fourth-order valence-electron chi connectivity index (χ4n) is 2.09. The zero-order valence-electron chi connectivity index (χ0n) is 12.4. The van der Waals surface area contributed by atoms with Gasteiger partial charge in [0.2, 0.25) is 5.91 Å². The van der Waals surface area contributed by atoms with Crippen molar-refractivity contribution in [2.45, 2.75) is 34.1 Å². The Kier molecular flexibility index (Phi) is 4.23. The van der Waals surface area contributed by atoms with Crippen LogP contribution in [0.2, 0.25) is 0 Å². The number of carbonyl (C=O) groups excluding carboxylic acids is 1. The van der Waals surface area contributed by atoms with E-state index in [9.17, 15) is 4.79 Å². The second-order valence-corrected chi connectivity index (χ2v) is 5.36. The van der Waals surface area contributed by atoms with E-state index in [1.807, 2.05) is 52.0 Å². The summed E-state index contributed by atoms with van der Waals surface area (Å²) in [6.45, 7) is 7.78. The first-order chi connectivity index (χ1) is 9.45. The van der Waals surface area contributed by atoms with Gasteiger partial charge in [-0.3, -0.25) is 4.79 Å². The van der Waals surface area contributed by atoms with Crippen molar-refractivity contribution in [3.05, 3.63) is 35.9 Å². The SMILES string of the molecule is Cc1nc(-c2ccc(NC(=O)CC(C)C)cc2)c(C)o1. The third kappa shape index (κ3) is 3.47. The van der Waals surface area contributed by atoms with Gasteiger partial charge in [0.1, 0.15) is 11.5 Å². The number of amides is 1. The van der Waals surface area contributed by atoms with Crippen LogP contribution in [0.25, 0.3) is 11.3 Å². The summed E-state index contributed by atoms with van der Waals surface area (Å²) in [5, 5.41) is 2.89. The summed E-state index contributed by atoms with van der Waals surface area (Å²) in [5.41, 5.74) is 2.64. The van der Waals surface area contributed by atoms with Crippen LogP contribution in [0.3, 0.4) is 0 Å². The van der Waals surface area contributed by atoms with Crippen LogP contribution in [0.5, 0.6) is 0 Å². The summed E-state index contributed by atoms with van der Waals surface area (Å²) >= 11 is 0. The van der Waals surface area contributed by atoms with Gasteiger partial charge in [-0.15, -0.1) is 0 Å². The maximum Gasteiger partial charge on any atom is 0.224 e. The number of anilines is 1. The highest BCUT2D eigenvalue weighted by molar-refractivity contribution is 5.91. The van der Waals surface area contributed by atoms with Crippen LogP contribution in [0, 0.1) is 19.8 Å². The van der Waals surface area contributed by atoms with E-state index in [1.165, 1.54) is 0 Å². The lowest BCUT2D eigenvalue weighted by Gasteiger charge is -2.07. The Balaban J connectivity index is 2.10. The van der Waals surface area contributed by atoms with Gasteiger partial charge in [-0.25, -0.2) is 4.98 Å². The molecule has 0 radical (unpaired) electrons. The maximum atomic E-state index is 11.7. The van der Waals surface area contributed by atoms with Crippen LogP contribution in [0.4, 0.5) is 5.69 Å². The largest absolute Gasteiger partial charge is 0.446 e. The number of oxazole rings is 1. The predicted octanol–water partition coefficient (Wildman–Crippen LogP) is 3.94. The van der Waals surface area contributed by atoms with Gasteiger partial charge in [-0.05, 0) is 25.0 Å². The number of hydrogen-bond acceptors (Lipinski definition) is 3. The van der Waals surface area contributed by atoms with Crippen LogP contribution in [0.15, 0.2) is 28.7 Å². The van der Waals surface area contributed by atoms with Gasteiger partial charge >= 0.3 is 0 Å². The molecule has 0 aliphatic rings. The molecule has 0 saturated carbocycles. The fourth-order valence-corrected chi connectivity index (χ4v) is 2.09. The van der Waals surface area contributed by atoms with E-state index in [0.29, 0.717) is 18.2 Å². The average molecular weight is 272 g/mol. The van der Waals surface area contributed by atoms with Crippen molar-refractivity contribution in [1.82, 2.24) is 4.98 Å². The zero-order valence-corrected chi connectivity index (χ0v) is 12.4. The summed E-state index contributed by atoms with van der Waals surface area (Å²) < 4.78 is 5.43. The molecule has 2 rings (SSSR count). The van der Waals surface area contributed by atoms with Crippen molar-refractivity contribution >= 4 is 11.6 Å². The Labute approximate surface area is 119 Å². The van der Waals surface area contributed by atoms with Crippen LogP contribution in [0.1, 0.15) is 31.9 Å². The first kappa shape index (κ1) is 14.3. The van der Waals surface area contributed by atoms with Gasteiger partial charge in [0.05, 0.1) is 0 Å². The minimum Gasteiger partial charge on any atom is -0.446 e. The third-order valence-electron chi connectivity index (χ3n) is 2.94. The van der Waals surface area contributed by atoms with E-state index in [-0.39, 0.29) is 5.91 Å². The minimum absolute atomic E-state index is 0.0428. The fraction of sp³-hybridized carbons (Fsp3) is 0.375. The van der Waals surface area contributed by atoms with E-state index < -0.39 is 0 Å².